The average molecular weight is 317 g/mol. The third-order valence-corrected chi connectivity index (χ3v) is 3.98. The third-order valence-electron chi connectivity index (χ3n) is 3.74. The van der Waals surface area contributed by atoms with Crippen LogP contribution in [0.15, 0.2) is 24.3 Å². The van der Waals surface area contributed by atoms with Gasteiger partial charge in [-0.25, -0.2) is 0 Å². The number of rotatable bonds is 4. The molecular weight excluding hydrogens is 295 g/mol. The van der Waals surface area contributed by atoms with Crippen LogP contribution in [-0.4, -0.2) is 25.5 Å². The predicted molar refractivity (Wildman–Crippen MR) is 85.7 cm³/mol. The van der Waals surface area contributed by atoms with E-state index in [1.165, 1.54) is 0 Å². The lowest BCUT2D eigenvalue weighted by molar-refractivity contribution is -0.124. The molecule has 1 aromatic rings. The lowest BCUT2D eigenvalue weighted by Crippen LogP contribution is -2.40. The molecule has 2 rings (SSSR count). The Hall–Kier alpha value is -0.770. The van der Waals surface area contributed by atoms with Crippen LogP contribution in [0.1, 0.15) is 25.8 Å². The summed E-state index contributed by atoms with van der Waals surface area (Å²) in [6.45, 7) is 6.60. The van der Waals surface area contributed by atoms with Crippen LogP contribution < -0.4 is 10.6 Å². The molecule has 1 unspecified atom stereocenters. The van der Waals surface area contributed by atoms with Crippen molar-refractivity contribution in [1.29, 1.82) is 0 Å². The van der Waals surface area contributed by atoms with E-state index >= 15 is 0 Å². The molecule has 1 aliphatic heterocycles. The number of halogens is 2. The van der Waals surface area contributed by atoms with Crippen molar-refractivity contribution in [3.63, 3.8) is 0 Å². The topological polar surface area (TPSA) is 41.1 Å². The monoisotopic (exact) mass is 316 g/mol. The summed E-state index contributed by atoms with van der Waals surface area (Å²) >= 11 is 6.02. The van der Waals surface area contributed by atoms with Crippen molar-refractivity contribution in [3.05, 3.63) is 34.9 Å². The molecular formula is C15H22Cl2N2O. The second kappa shape index (κ2) is 7.30. The van der Waals surface area contributed by atoms with Gasteiger partial charge in [0.05, 0.1) is 5.92 Å². The summed E-state index contributed by atoms with van der Waals surface area (Å²) in [5, 5.41) is 7.01. The molecule has 0 spiro atoms. The quantitative estimate of drug-likeness (QED) is 0.896. The first kappa shape index (κ1) is 17.3. The maximum absolute atomic E-state index is 12.0. The highest BCUT2D eigenvalue weighted by molar-refractivity contribution is 6.30. The highest BCUT2D eigenvalue weighted by Gasteiger charge is 2.26. The molecule has 5 heteroatoms. The predicted octanol–water partition coefficient (Wildman–Crippen LogP) is 2.77. The first-order chi connectivity index (χ1) is 8.99. The van der Waals surface area contributed by atoms with Crippen LogP contribution in [0.5, 0.6) is 0 Å². The molecule has 0 radical (unpaired) electrons. The molecule has 1 atom stereocenters. The smallest absolute Gasteiger partial charge is 0.224 e. The lowest BCUT2D eigenvalue weighted by Gasteiger charge is -2.26. The minimum atomic E-state index is -0.118. The summed E-state index contributed by atoms with van der Waals surface area (Å²) in [6, 6.07) is 7.83. The molecule has 1 amide bonds. The molecule has 1 heterocycles. The van der Waals surface area contributed by atoms with Crippen molar-refractivity contribution in [3.8, 4) is 0 Å². The minimum absolute atomic E-state index is 0. The third kappa shape index (κ3) is 4.37. The first-order valence-electron chi connectivity index (χ1n) is 6.73. The van der Waals surface area contributed by atoms with Gasteiger partial charge >= 0.3 is 0 Å². The molecule has 1 saturated heterocycles. The van der Waals surface area contributed by atoms with E-state index in [-0.39, 0.29) is 29.6 Å². The van der Waals surface area contributed by atoms with Gasteiger partial charge in [0, 0.05) is 23.5 Å². The molecule has 3 nitrogen and oxygen atoms in total. The molecule has 1 aliphatic rings. The van der Waals surface area contributed by atoms with Crippen molar-refractivity contribution in [2.24, 2.45) is 5.92 Å². The maximum atomic E-state index is 12.0. The van der Waals surface area contributed by atoms with Gasteiger partial charge in [0.2, 0.25) is 5.91 Å². The van der Waals surface area contributed by atoms with E-state index in [9.17, 15) is 4.79 Å². The van der Waals surface area contributed by atoms with Crippen molar-refractivity contribution in [1.82, 2.24) is 10.6 Å². The highest BCUT2D eigenvalue weighted by Crippen LogP contribution is 2.25. The van der Waals surface area contributed by atoms with Crippen molar-refractivity contribution in [2.75, 3.05) is 19.6 Å². The number of hydrogen-bond donors (Lipinski definition) is 2. The van der Waals surface area contributed by atoms with Crippen LogP contribution in [0.3, 0.4) is 0 Å². The molecule has 20 heavy (non-hydrogen) atoms. The Balaban J connectivity index is 0.00000200. The number of carbonyl (C=O) groups excluding carboxylic acids is 1. The van der Waals surface area contributed by atoms with Gasteiger partial charge in [0.1, 0.15) is 0 Å². The van der Waals surface area contributed by atoms with Gasteiger partial charge in [0.15, 0.2) is 0 Å². The zero-order valence-electron chi connectivity index (χ0n) is 11.9. The highest BCUT2D eigenvalue weighted by atomic mass is 35.5. The molecule has 1 fully saturated rings. The fraction of sp³-hybridized carbons (Fsp3) is 0.533. The van der Waals surface area contributed by atoms with E-state index in [4.69, 9.17) is 11.6 Å². The van der Waals surface area contributed by atoms with Crippen LogP contribution in [0.2, 0.25) is 5.02 Å². The van der Waals surface area contributed by atoms with Crippen molar-refractivity contribution < 1.29 is 4.79 Å². The van der Waals surface area contributed by atoms with Crippen molar-refractivity contribution >= 4 is 29.9 Å². The minimum Gasteiger partial charge on any atom is -0.355 e. The lowest BCUT2D eigenvalue weighted by atomic mass is 9.84. The Labute approximate surface area is 131 Å². The Morgan fingerprint density at radius 2 is 2.25 bits per heavy atom. The van der Waals surface area contributed by atoms with Crippen LogP contribution >= 0.6 is 24.0 Å². The second-order valence-corrected chi connectivity index (χ2v) is 6.24. The van der Waals surface area contributed by atoms with Gasteiger partial charge in [-0.2, -0.15) is 0 Å². The fourth-order valence-corrected chi connectivity index (χ4v) is 2.53. The SMILES string of the molecule is CC(C)(CNC(=O)C1CCNC1)c1cccc(Cl)c1.Cl. The van der Waals surface area contributed by atoms with E-state index in [0.29, 0.717) is 6.54 Å². The number of amides is 1. The summed E-state index contributed by atoms with van der Waals surface area (Å²) in [7, 11) is 0. The van der Waals surface area contributed by atoms with Gasteiger partial charge in [0.25, 0.3) is 0 Å². The van der Waals surface area contributed by atoms with Gasteiger partial charge in [-0.1, -0.05) is 37.6 Å². The summed E-state index contributed by atoms with van der Waals surface area (Å²) in [4.78, 5) is 12.0. The Morgan fingerprint density at radius 1 is 1.50 bits per heavy atom. The van der Waals surface area contributed by atoms with Crippen LogP contribution in [-0.2, 0) is 10.2 Å². The van der Waals surface area contributed by atoms with E-state index in [1.807, 2.05) is 18.2 Å². The standard InChI is InChI=1S/C15H21ClN2O.ClH/c1-15(2,12-4-3-5-13(16)8-12)10-18-14(19)11-6-7-17-9-11;/h3-5,8,11,17H,6-7,9-10H2,1-2H3,(H,18,19);1H. The summed E-state index contributed by atoms with van der Waals surface area (Å²) in [5.41, 5.74) is 1.02. The molecule has 0 saturated carbocycles. The van der Waals surface area contributed by atoms with Gasteiger partial charge in [-0.3, -0.25) is 4.79 Å². The molecule has 1 aromatic carbocycles. The van der Waals surface area contributed by atoms with E-state index in [2.05, 4.69) is 30.5 Å². The second-order valence-electron chi connectivity index (χ2n) is 5.80. The average Bonchev–Trinajstić information content (AvgIpc) is 2.90. The zero-order chi connectivity index (χ0) is 13.9. The van der Waals surface area contributed by atoms with Crippen LogP contribution in [0.4, 0.5) is 0 Å². The zero-order valence-corrected chi connectivity index (χ0v) is 13.5. The molecule has 0 aromatic heterocycles. The molecule has 112 valence electrons. The summed E-state index contributed by atoms with van der Waals surface area (Å²) in [5.74, 6) is 0.273. The number of hydrogen-bond acceptors (Lipinski definition) is 2. The van der Waals surface area contributed by atoms with Gasteiger partial charge < -0.3 is 10.6 Å². The Kier molecular flexibility index (Phi) is 6.31. The first-order valence-corrected chi connectivity index (χ1v) is 7.11. The molecule has 2 N–H and O–H groups in total. The maximum Gasteiger partial charge on any atom is 0.224 e. The Morgan fingerprint density at radius 3 is 2.85 bits per heavy atom. The van der Waals surface area contributed by atoms with Gasteiger partial charge in [-0.15, -0.1) is 12.4 Å². The normalized spacial score (nSPS) is 18.4. The summed E-state index contributed by atoms with van der Waals surface area (Å²) in [6.07, 6.45) is 0.934. The van der Waals surface area contributed by atoms with Crippen molar-refractivity contribution in [2.45, 2.75) is 25.7 Å². The van der Waals surface area contributed by atoms with E-state index in [1.54, 1.807) is 0 Å². The fourth-order valence-electron chi connectivity index (χ4n) is 2.34. The van der Waals surface area contributed by atoms with E-state index < -0.39 is 0 Å². The largest absolute Gasteiger partial charge is 0.355 e. The number of nitrogens with one attached hydrogen (secondary N) is 2. The molecule has 0 aliphatic carbocycles. The van der Waals surface area contributed by atoms with Crippen LogP contribution in [0.25, 0.3) is 0 Å². The number of benzene rings is 1. The summed E-state index contributed by atoms with van der Waals surface area (Å²) < 4.78 is 0. The molecule has 0 bridgehead atoms. The van der Waals surface area contributed by atoms with Crippen LogP contribution in [0, 0.1) is 5.92 Å². The van der Waals surface area contributed by atoms with Gasteiger partial charge in [-0.05, 0) is 30.7 Å². The van der Waals surface area contributed by atoms with E-state index in [0.717, 1.165) is 30.1 Å². The number of carbonyl (C=O) groups is 1. The Bertz CT molecular complexity index is 457.